The first kappa shape index (κ1) is 21.5. The van der Waals surface area contributed by atoms with Gasteiger partial charge in [-0.3, -0.25) is 9.69 Å². The van der Waals surface area contributed by atoms with Crippen LogP contribution >= 0.6 is 11.8 Å². The third-order valence-corrected chi connectivity index (χ3v) is 5.77. The number of hydrogen-bond acceptors (Lipinski definition) is 5. The van der Waals surface area contributed by atoms with Crippen molar-refractivity contribution in [2.45, 2.75) is 5.75 Å². The minimum atomic E-state index is -0.395. The number of hydrogen-bond donors (Lipinski definition) is 0. The molecule has 1 amide bonds. The molecule has 0 bridgehead atoms. The average Bonchev–Trinajstić information content (AvgIpc) is 3.13. The van der Waals surface area contributed by atoms with Crippen LogP contribution in [0.3, 0.4) is 0 Å². The number of esters is 1. The average molecular weight is 447 g/mol. The Kier molecular flexibility index (Phi) is 6.47. The summed E-state index contributed by atoms with van der Waals surface area (Å²) in [6, 6.07) is 22.3. The van der Waals surface area contributed by atoms with Gasteiger partial charge in [0, 0.05) is 5.75 Å². The predicted octanol–water partition coefficient (Wildman–Crippen LogP) is 5.29. The highest BCUT2D eigenvalue weighted by Gasteiger charge is 2.32. The molecule has 4 rings (SSSR count). The molecule has 3 aromatic carbocycles. The Balaban J connectivity index is 1.60. The van der Waals surface area contributed by atoms with Crippen molar-refractivity contribution in [1.82, 2.24) is 0 Å². The van der Waals surface area contributed by atoms with Gasteiger partial charge in [0.1, 0.15) is 11.5 Å². The van der Waals surface area contributed by atoms with Gasteiger partial charge in [-0.2, -0.15) is 0 Å². The number of thioether (sulfide) groups is 1. The van der Waals surface area contributed by atoms with Crippen molar-refractivity contribution in [1.29, 1.82) is 0 Å². The molecular weight excluding hydrogens is 427 g/mol. The van der Waals surface area contributed by atoms with Gasteiger partial charge in [0.25, 0.3) is 5.91 Å². The van der Waals surface area contributed by atoms with Crippen LogP contribution in [-0.2, 0) is 15.3 Å². The van der Waals surface area contributed by atoms with E-state index in [9.17, 15) is 14.0 Å². The minimum absolute atomic E-state index is 0.274. The molecule has 0 radical (unpaired) electrons. The number of methoxy groups -OCH3 is 1. The van der Waals surface area contributed by atoms with Crippen LogP contribution in [0.15, 0.2) is 89.6 Å². The molecule has 32 heavy (non-hydrogen) atoms. The Labute approximate surface area is 189 Å². The number of rotatable bonds is 5. The number of amidine groups is 1. The third-order valence-electron chi connectivity index (χ3n) is 4.76. The number of ether oxygens (including phenoxy) is 1. The summed E-state index contributed by atoms with van der Waals surface area (Å²) in [5.41, 5.74) is 3.14. The van der Waals surface area contributed by atoms with Crippen LogP contribution in [0.4, 0.5) is 10.1 Å². The molecule has 0 N–H and O–H groups in total. The molecule has 0 unspecified atom stereocenters. The summed E-state index contributed by atoms with van der Waals surface area (Å²) in [7, 11) is 1.34. The van der Waals surface area contributed by atoms with E-state index in [2.05, 4.69) is 4.99 Å². The van der Waals surface area contributed by atoms with E-state index in [0.717, 1.165) is 11.1 Å². The predicted molar refractivity (Wildman–Crippen MR) is 125 cm³/mol. The maximum atomic E-state index is 13.4. The van der Waals surface area contributed by atoms with Crippen molar-refractivity contribution in [3.63, 3.8) is 0 Å². The van der Waals surface area contributed by atoms with Crippen molar-refractivity contribution < 1.29 is 18.7 Å². The Morgan fingerprint density at radius 3 is 2.38 bits per heavy atom. The lowest BCUT2D eigenvalue weighted by Gasteiger charge is -2.17. The number of nitrogens with zero attached hydrogens (tertiary/aromatic N) is 2. The van der Waals surface area contributed by atoms with Crippen molar-refractivity contribution in [3.05, 3.63) is 107 Å². The zero-order chi connectivity index (χ0) is 22.5. The molecule has 0 aromatic heterocycles. The van der Waals surface area contributed by atoms with E-state index in [1.54, 1.807) is 30.3 Å². The molecule has 0 spiro atoms. The van der Waals surface area contributed by atoms with E-state index >= 15 is 0 Å². The smallest absolute Gasteiger partial charge is 0.337 e. The van der Waals surface area contributed by atoms with Crippen molar-refractivity contribution in [2.24, 2.45) is 4.99 Å². The molecule has 1 heterocycles. The SMILES string of the molecule is COC(=O)c1ccc(CSC2=N/C(=C\c3ccccc3)C(=O)N2c2ccc(F)cc2)cc1. The molecule has 0 fully saturated rings. The molecular formula is C25H19FN2O3S. The number of carbonyl (C=O) groups excluding carboxylic acids is 2. The van der Waals surface area contributed by atoms with E-state index in [-0.39, 0.29) is 11.7 Å². The van der Waals surface area contributed by atoms with Gasteiger partial charge < -0.3 is 4.74 Å². The largest absolute Gasteiger partial charge is 0.465 e. The van der Waals surface area contributed by atoms with Crippen LogP contribution in [0.25, 0.3) is 6.08 Å². The second-order valence-electron chi connectivity index (χ2n) is 6.93. The van der Waals surface area contributed by atoms with Gasteiger partial charge in [-0.15, -0.1) is 0 Å². The maximum absolute atomic E-state index is 13.4. The zero-order valence-electron chi connectivity index (χ0n) is 17.2. The van der Waals surface area contributed by atoms with E-state index in [1.807, 2.05) is 42.5 Å². The first-order valence-electron chi connectivity index (χ1n) is 9.80. The van der Waals surface area contributed by atoms with E-state index < -0.39 is 5.97 Å². The Morgan fingerprint density at radius 2 is 1.72 bits per heavy atom. The molecule has 1 aliphatic heterocycles. The molecule has 0 saturated carbocycles. The topological polar surface area (TPSA) is 59.0 Å². The Hall–Kier alpha value is -3.71. The van der Waals surface area contributed by atoms with E-state index in [4.69, 9.17) is 4.74 Å². The normalized spacial score (nSPS) is 14.6. The zero-order valence-corrected chi connectivity index (χ0v) is 18.0. The first-order valence-corrected chi connectivity index (χ1v) is 10.8. The summed E-state index contributed by atoms with van der Waals surface area (Å²) in [6.45, 7) is 0. The molecule has 0 saturated heterocycles. The quantitative estimate of drug-likeness (QED) is 0.395. The van der Waals surface area contributed by atoms with Gasteiger partial charge in [-0.1, -0.05) is 54.2 Å². The fraction of sp³-hybridized carbons (Fsp3) is 0.0800. The molecule has 0 aliphatic carbocycles. The summed E-state index contributed by atoms with van der Waals surface area (Å²) in [5, 5.41) is 0.501. The highest BCUT2D eigenvalue weighted by molar-refractivity contribution is 8.13. The van der Waals surface area contributed by atoms with Gasteiger partial charge in [0.15, 0.2) is 5.17 Å². The first-order chi connectivity index (χ1) is 15.5. The fourth-order valence-electron chi connectivity index (χ4n) is 3.12. The second-order valence-corrected chi connectivity index (χ2v) is 7.87. The lowest BCUT2D eigenvalue weighted by atomic mass is 10.1. The van der Waals surface area contributed by atoms with Gasteiger partial charge in [-0.05, 0) is 53.6 Å². The molecule has 7 heteroatoms. The van der Waals surface area contributed by atoms with Crippen LogP contribution in [0, 0.1) is 5.82 Å². The van der Waals surface area contributed by atoms with E-state index in [1.165, 1.54) is 35.9 Å². The molecule has 5 nitrogen and oxygen atoms in total. The fourth-order valence-corrected chi connectivity index (χ4v) is 4.09. The standard InChI is InChI=1S/C25H19FN2O3S/c1-31-24(30)19-9-7-18(8-10-19)16-32-25-27-22(15-17-5-3-2-4-6-17)23(29)28(25)21-13-11-20(26)12-14-21/h2-15H,16H2,1H3/b22-15-. The van der Waals surface area contributed by atoms with Crippen molar-refractivity contribution in [2.75, 3.05) is 12.0 Å². The summed E-state index contributed by atoms with van der Waals surface area (Å²) >= 11 is 1.39. The number of amides is 1. The highest BCUT2D eigenvalue weighted by Crippen LogP contribution is 2.31. The van der Waals surface area contributed by atoms with Gasteiger partial charge in [0.2, 0.25) is 0 Å². The molecule has 0 atom stereocenters. The van der Waals surface area contributed by atoms with Crippen LogP contribution < -0.4 is 4.90 Å². The Morgan fingerprint density at radius 1 is 1.03 bits per heavy atom. The third kappa shape index (κ3) is 4.78. The lowest BCUT2D eigenvalue weighted by Crippen LogP contribution is -2.30. The summed E-state index contributed by atoms with van der Waals surface area (Å²) in [4.78, 5) is 30.8. The molecule has 160 valence electrons. The summed E-state index contributed by atoms with van der Waals surface area (Å²) in [6.07, 6.45) is 1.73. The summed E-state index contributed by atoms with van der Waals surface area (Å²) < 4.78 is 18.2. The lowest BCUT2D eigenvalue weighted by molar-refractivity contribution is -0.113. The van der Waals surface area contributed by atoms with Crippen LogP contribution in [0.1, 0.15) is 21.5 Å². The van der Waals surface area contributed by atoms with E-state index in [0.29, 0.717) is 27.9 Å². The van der Waals surface area contributed by atoms with Crippen molar-refractivity contribution in [3.8, 4) is 0 Å². The maximum Gasteiger partial charge on any atom is 0.337 e. The number of anilines is 1. The van der Waals surface area contributed by atoms with Gasteiger partial charge in [-0.25, -0.2) is 14.2 Å². The van der Waals surface area contributed by atoms with Gasteiger partial charge in [0.05, 0.1) is 18.4 Å². The highest BCUT2D eigenvalue weighted by atomic mass is 32.2. The van der Waals surface area contributed by atoms with Gasteiger partial charge >= 0.3 is 5.97 Å². The minimum Gasteiger partial charge on any atom is -0.465 e. The monoisotopic (exact) mass is 446 g/mol. The number of halogens is 1. The van der Waals surface area contributed by atoms with Crippen LogP contribution in [-0.4, -0.2) is 24.2 Å². The van der Waals surface area contributed by atoms with Crippen molar-refractivity contribution >= 4 is 40.6 Å². The van der Waals surface area contributed by atoms with Crippen LogP contribution in [0.2, 0.25) is 0 Å². The Bertz CT molecular complexity index is 1190. The number of aliphatic imine (C=N–C) groups is 1. The molecule has 3 aromatic rings. The number of benzene rings is 3. The number of carbonyl (C=O) groups is 2. The summed E-state index contributed by atoms with van der Waals surface area (Å²) in [5.74, 6) is -0.515. The van der Waals surface area contributed by atoms with Crippen LogP contribution in [0.5, 0.6) is 0 Å². The second kappa shape index (κ2) is 9.62. The molecule has 1 aliphatic rings.